The number of fused-ring (bicyclic) bond motifs is 6. The number of allylic oxidation sites excluding steroid dienone is 6. The second-order valence-electron chi connectivity index (χ2n) is 13.9. The summed E-state index contributed by atoms with van der Waals surface area (Å²) in [5.74, 6) is 1.61. The van der Waals surface area contributed by atoms with Crippen molar-refractivity contribution < 1.29 is 0 Å². The molecule has 2 heterocycles. The highest BCUT2D eigenvalue weighted by Crippen LogP contribution is 2.50. The molecule has 3 aliphatic rings. The highest BCUT2D eigenvalue weighted by atomic mass is 15.2. The minimum absolute atomic E-state index is 0.0600. The second kappa shape index (κ2) is 11.0. The molecule has 0 radical (unpaired) electrons. The van der Waals surface area contributed by atoms with Crippen LogP contribution in [0.4, 0.5) is 11.4 Å². The first-order valence-electron chi connectivity index (χ1n) is 17.1. The van der Waals surface area contributed by atoms with Crippen LogP contribution in [0.25, 0.3) is 49.8 Å². The molecule has 5 aromatic carbocycles. The number of para-hydroxylation sites is 1. The van der Waals surface area contributed by atoms with E-state index in [-0.39, 0.29) is 5.41 Å². The van der Waals surface area contributed by atoms with Crippen molar-refractivity contribution in [3.05, 3.63) is 163 Å². The van der Waals surface area contributed by atoms with Crippen LogP contribution in [0.3, 0.4) is 0 Å². The van der Waals surface area contributed by atoms with Crippen molar-refractivity contribution in [1.29, 1.82) is 0 Å². The molecule has 3 heteroatoms. The molecule has 0 saturated carbocycles. The molecule has 0 saturated heterocycles. The van der Waals surface area contributed by atoms with Gasteiger partial charge in [-0.05, 0) is 100 Å². The zero-order chi connectivity index (χ0) is 32.4. The van der Waals surface area contributed by atoms with E-state index in [0.29, 0.717) is 5.92 Å². The van der Waals surface area contributed by atoms with Crippen molar-refractivity contribution in [2.24, 2.45) is 5.92 Å². The Morgan fingerprint density at radius 1 is 0.708 bits per heavy atom. The first kappa shape index (κ1) is 28.7. The van der Waals surface area contributed by atoms with E-state index in [1.807, 2.05) is 0 Å². The molecule has 1 atom stereocenters. The highest BCUT2D eigenvalue weighted by molar-refractivity contribution is 6.11. The number of nitrogens with one attached hydrogen (secondary N) is 1. The molecule has 3 nitrogen and oxygen atoms in total. The maximum absolute atomic E-state index is 3.63. The molecule has 48 heavy (non-hydrogen) atoms. The predicted molar refractivity (Wildman–Crippen MR) is 203 cm³/mol. The number of hydrogen-bond donors (Lipinski definition) is 1. The second-order valence-corrected chi connectivity index (χ2v) is 13.9. The van der Waals surface area contributed by atoms with E-state index in [2.05, 4.69) is 181 Å². The molecular formula is C45H39N3. The Morgan fingerprint density at radius 2 is 1.46 bits per heavy atom. The summed E-state index contributed by atoms with van der Waals surface area (Å²) in [4.78, 5) is 2.36. The van der Waals surface area contributed by atoms with Gasteiger partial charge >= 0.3 is 0 Å². The smallest absolute Gasteiger partial charge is 0.111 e. The van der Waals surface area contributed by atoms with Crippen LogP contribution in [0.1, 0.15) is 38.3 Å². The largest absolute Gasteiger partial charge is 0.368 e. The van der Waals surface area contributed by atoms with Crippen LogP contribution in [-0.4, -0.2) is 11.1 Å². The van der Waals surface area contributed by atoms with Crippen LogP contribution in [0.15, 0.2) is 151 Å². The third kappa shape index (κ3) is 4.49. The van der Waals surface area contributed by atoms with Crippen molar-refractivity contribution in [2.75, 3.05) is 11.4 Å². The van der Waals surface area contributed by atoms with Crippen molar-refractivity contribution in [2.45, 2.75) is 32.6 Å². The molecule has 1 unspecified atom stereocenters. The van der Waals surface area contributed by atoms with Crippen molar-refractivity contribution in [3.63, 3.8) is 0 Å². The molecule has 1 aliphatic heterocycles. The highest BCUT2D eigenvalue weighted by Gasteiger charge is 2.35. The zero-order valence-electron chi connectivity index (χ0n) is 27.7. The van der Waals surface area contributed by atoms with Gasteiger partial charge in [0.15, 0.2) is 0 Å². The average Bonchev–Trinajstić information content (AvgIpc) is 3.57. The minimum atomic E-state index is -0.0600. The third-order valence-corrected chi connectivity index (χ3v) is 10.5. The first-order chi connectivity index (χ1) is 23.5. The first-order valence-corrected chi connectivity index (χ1v) is 17.1. The van der Waals surface area contributed by atoms with Crippen LogP contribution < -0.4 is 10.2 Å². The fourth-order valence-electron chi connectivity index (χ4n) is 8.06. The van der Waals surface area contributed by atoms with Gasteiger partial charge < -0.3 is 9.88 Å². The fourth-order valence-corrected chi connectivity index (χ4v) is 8.06. The maximum Gasteiger partial charge on any atom is 0.111 e. The van der Waals surface area contributed by atoms with Gasteiger partial charge in [-0.1, -0.05) is 112 Å². The Hall–Kier alpha value is -5.54. The van der Waals surface area contributed by atoms with E-state index < -0.39 is 0 Å². The Balaban J connectivity index is 1.12. The van der Waals surface area contributed by atoms with E-state index >= 15 is 0 Å². The van der Waals surface area contributed by atoms with Gasteiger partial charge in [0.25, 0.3) is 0 Å². The van der Waals surface area contributed by atoms with Crippen LogP contribution in [0.5, 0.6) is 0 Å². The van der Waals surface area contributed by atoms with Gasteiger partial charge in [0.05, 0.1) is 11.0 Å². The maximum atomic E-state index is 3.63. The fraction of sp³-hybridized carbons (Fsp3) is 0.156. The van der Waals surface area contributed by atoms with Crippen molar-refractivity contribution >= 4 is 38.9 Å². The van der Waals surface area contributed by atoms with E-state index in [4.69, 9.17) is 0 Å². The quantitative estimate of drug-likeness (QED) is 0.207. The molecule has 6 aromatic rings. The molecule has 2 aliphatic carbocycles. The number of dihydropyridines is 1. The zero-order valence-corrected chi connectivity index (χ0v) is 27.7. The molecule has 9 rings (SSSR count). The average molecular weight is 622 g/mol. The Bertz CT molecular complexity index is 2360. The molecular weight excluding hydrogens is 583 g/mol. The molecule has 234 valence electrons. The summed E-state index contributed by atoms with van der Waals surface area (Å²) in [6.45, 7) is 7.79. The molecule has 0 spiro atoms. The van der Waals surface area contributed by atoms with Gasteiger partial charge in [0.1, 0.15) is 5.82 Å². The monoisotopic (exact) mass is 621 g/mol. The number of hydrogen-bond acceptors (Lipinski definition) is 2. The summed E-state index contributed by atoms with van der Waals surface area (Å²) >= 11 is 0. The lowest BCUT2D eigenvalue weighted by Gasteiger charge is -2.31. The van der Waals surface area contributed by atoms with Crippen LogP contribution in [0, 0.1) is 5.92 Å². The van der Waals surface area contributed by atoms with E-state index in [1.165, 1.54) is 60.9 Å². The molecule has 0 amide bonds. The van der Waals surface area contributed by atoms with E-state index in [1.54, 1.807) is 0 Å². The summed E-state index contributed by atoms with van der Waals surface area (Å²) < 4.78 is 2.43. The summed E-state index contributed by atoms with van der Waals surface area (Å²) in [6, 6.07) is 40.6. The van der Waals surface area contributed by atoms with Gasteiger partial charge in [0, 0.05) is 39.8 Å². The standard InChI is InChI=1S/C45H39N3/c1-30-11-10-12-34(27-30)48-42-16-7-5-14-38(42)39-28-32(20-25-43(39)48)31-18-21-33(22-19-31)47(44-17-8-9-26-46-44)35-23-24-37-36-13-4-6-15-40(36)45(2,3)41(37)29-35/h4-10,12-25,27-30,46H,11,26H2,1-3H3. The van der Waals surface area contributed by atoms with Gasteiger partial charge in [0.2, 0.25) is 0 Å². The lowest BCUT2D eigenvalue weighted by Crippen LogP contribution is -2.30. The Morgan fingerprint density at radius 3 is 2.29 bits per heavy atom. The Kier molecular flexibility index (Phi) is 6.58. The summed E-state index contributed by atoms with van der Waals surface area (Å²) in [7, 11) is 0. The lowest BCUT2D eigenvalue weighted by molar-refractivity contribution is 0.660. The summed E-state index contributed by atoms with van der Waals surface area (Å²) in [5.41, 5.74) is 13.9. The molecule has 1 N–H and O–H groups in total. The van der Waals surface area contributed by atoms with Gasteiger partial charge in [-0.3, -0.25) is 4.90 Å². The van der Waals surface area contributed by atoms with E-state index in [9.17, 15) is 0 Å². The number of rotatable bonds is 5. The predicted octanol–water partition coefficient (Wildman–Crippen LogP) is 11.3. The normalized spacial score (nSPS) is 17.5. The van der Waals surface area contributed by atoms with Crippen LogP contribution in [0.2, 0.25) is 0 Å². The van der Waals surface area contributed by atoms with Crippen LogP contribution >= 0.6 is 0 Å². The molecule has 0 fully saturated rings. The number of nitrogens with zero attached hydrogens (tertiary/aromatic N) is 2. The van der Waals surface area contributed by atoms with Gasteiger partial charge in [-0.2, -0.15) is 0 Å². The Labute approximate surface area is 282 Å². The van der Waals surface area contributed by atoms with Crippen molar-refractivity contribution in [1.82, 2.24) is 9.88 Å². The number of benzene rings is 5. The third-order valence-electron chi connectivity index (χ3n) is 10.5. The van der Waals surface area contributed by atoms with E-state index in [0.717, 1.165) is 30.2 Å². The number of anilines is 2. The topological polar surface area (TPSA) is 20.2 Å². The van der Waals surface area contributed by atoms with Gasteiger partial charge in [-0.15, -0.1) is 0 Å². The number of aromatic nitrogens is 1. The lowest BCUT2D eigenvalue weighted by atomic mass is 9.82. The molecule has 0 bridgehead atoms. The SMILES string of the molecule is CC1C=C(n2c3ccccc3c3cc(-c4ccc(N(C5=CC=CCN5)c5ccc6c(c5)C(C)(C)c5ccccc5-6)cc4)ccc32)C=CC1. The van der Waals surface area contributed by atoms with Crippen molar-refractivity contribution in [3.8, 4) is 22.3 Å². The van der Waals surface area contributed by atoms with Gasteiger partial charge in [-0.25, -0.2) is 0 Å². The van der Waals surface area contributed by atoms with Crippen LogP contribution in [-0.2, 0) is 5.41 Å². The molecule has 1 aromatic heterocycles. The summed E-state index contributed by atoms with van der Waals surface area (Å²) in [6.07, 6.45) is 14.5. The minimum Gasteiger partial charge on any atom is -0.368 e. The summed E-state index contributed by atoms with van der Waals surface area (Å²) in [5, 5.41) is 6.20.